The Labute approximate surface area is 132 Å². The van der Waals surface area contributed by atoms with Gasteiger partial charge in [-0.15, -0.1) is 0 Å². The molecule has 0 spiro atoms. The molecule has 0 saturated heterocycles. The number of hydrogen-bond donors (Lipinski definition) is 1. The van der Waals surface area contributed by atoms with E-state index >= 15 is 0 Å². The van der Waals surface area contributed by atoms with E-state index < -0.39 is 29.1 Å². The molecule has 122 valence electrons. The van der Waals surface area contributed by atoms with Gasteiger partial charge in [0.25, 0.3) is 0 Å². The van der Waals surface area contributed by atoms with Gasteiger partial charge < -0.3 is 5.32 Å². The van der Waals surface area contributed by atoms with Gasteiger partial charge in [0, 0.05) is 5.92 Å². The molecule has 2 atom stereocenters. The molecule has 6 heteroatoms. The first-order chi connectivity index (χ1) is 10.9. The Morgan fingerprint density at radius 2 is 1.91 bits per heavy atom. The number of hydrogen-bond acceptors (Lipinski definition) is 2. The molecule has 0 bridgehead atoms. The molecule has 3 rings (SSSR count). The summed E-state index contributed by atoms with van der Waals surface area (Å²) in [6.07, 6.45) is -1.00. The molecule has 0 radical (unpaired) electrons. The zero-order valence-corrected chi connectivity index (χ0v) is 12.5. The number of nitrogens with one attached hydrogen (secondary N) is 1. The second-order valence-corrected chi connectivity index (χ2v) is 6.42. The molecule has 2 fully saturated rings. The van der Waals surface area contributed by atoms with Crippen molar-refractivity contribution in [2.75, 3.05) is 0 Å². The molecule has 0 aliphatic heterocycles. The zero-order chi connectivity index (χ0) is 16.7. The predicted molar refractivity (Wildman–Crippen MR) is 77.2 cm³/mol. The molecular weight excluding hydrogens is 305 g/mol. The van der Waals surface area contributed by atoms with E-state index in [9.17, 15) is 23.2 Å². The van der Waals surface area contributed by atoms with Crippen molar-refractivity contribution < 1.29 is 18.0 Å². The highest BCUT2D eigenvalue weighted by Crippen LogP contribution is 2.51. The fraction of sp³-hybridized carbons (Fsp3) is 0.529. The number of benzene rings is 1. The van der Waals surface area contributed by atoms with Gasteiger partial charge in [-0.25, -0.2) is 0 Å². The number of carbonyl (C=O) groups excluding carboxylic acids is 1. The number of rotatable bonds is 3. The quantitative estimate of drug-likeness (QED) is 0.921. The molecule has 1 amide bonds. The molecule has 2 aliphatic carbocycles. The van der Waals surface area contributed by atoms with Gasteiger partial charge in [0.1, 0.15) is 5.54 Å². The van der Waals surface area contributed by atoms with E-state index in [0.29, 0.717) is 19.3 Å². The maximum Gasteiger partial charge on any atom is 0.416 e. The maximum atomic E-state index is 13.1. The van der Waals surface area contributed by atoms with Crippen LogP contribution in [0.25, 0.3) is 0 Å². The lowest BCUT2D eigenvalue weighted by Crippen LogP contribution is -2.46. The van der Waals surface area contributed by atoms with Crippen molar-refractivity contribution in [1.82, 2.24) is 5.32 Å². The average molecular weight is 322 g/mol. The van der Waals surface area contributed by atoms with Crippen LogP contribution in [-0.4, -0.2) is 11.4 Å². The minimum atomic E-state index is -4.42. The summed E-state index contributed by atoms with van der Waals surface area (Å²) in [6, 6.07) is 7.58. The van der Waals surface area contributed by atoms with Gasteiger partial charge in [-0.1, -0.05) is 18.2 Å². The van der Waals surface area contributed by atoms with E-state index in [-0.39, 0.29) is 11.5 Å². The van der Waals surface area contributed by atoms with E-state index in [0.717, 1.165) is 18.9 Å². The van der Waals surface area contributed by atoms with Crippen LogP contribution in [0.2, 0.25) is 0 Å². The molecule has 1 aromatic rings. The number of carbonyl (C=O) groups is 1. The number of nitrogens with zero attached hydrogens (tertiary/aromatic N) is 1. The summed E-state index contributed by atoms with van der Waals surface area (Å²) >= 11 is 0. The largest absolute Gasteiger partial charge is 0.416 e. The molecule has 0 heterocycles. The third kappa shape index (κ3) is 3.05. The Kier molecular flexibility index (Phi) is 3.83. The SMILES string of the molecule is N#CC1(NC(=O)C2CC2c2ccccc2C(F)(F)F)CCCC1. The highest BCUT2D eigenvalue weighted by atomic mass is 19.4. The second-order valence-electron chi connectivity index (χ2n) is 6.42. The summed E-state index contributed by atoms with van der Waals surface area (Å²) in [4.78, 5) is 12.3. The summed E-state index contributed by atoms with van der Waals surface area (Å²) in [5.74, 6) is -1.18. The van der Waals surface area contributed by atoms with Gasteiger partial charge in [-0.3, -0.25) is 4.79 Å². The van der Waals surface area contributed by atoms with Crippen LogP contribution in [0.15, 0.2) is 24.3 Å². The predicted octanol–water partition coefficient (Wildman–Crippen LogP) is 3.76. The fourth-order valence-corrected chi connectivity index (χ4v) is 3.48. The molecule has 23 heavy (non-hydrogen) atoms. The average Bonchev–Trinajstić information content (AvgIpc) is 3.19. The van der Waals surface area contributed by atoms with Crippen molar-refractivity contribution in [2.24, 2.45) is 5.92 Å². The van der Waals surface area contributed by atoms with Crippen LogP contribution < -0.4 is 5.32 Å². The van der Waals surface area contributed by atoms with Gasteiger partial charge in [0.15, 0.2) is 0 Å². The highest BCUT2D eigenvalue weighted by molar-refractivity contribution is 5.84. The summed E-state index contributed by atoms with van der Waals surface area (Å²) < 4.78 is 39.2. The molecule has 1 aromatic carbocycles. The number of nitriles is 1. The third-order valence-corrected chi connectivity index (χ3v) is 4.83. The molecule has 0 aromatic heterocycles. The van der Waals surface area contributed by atoms with Gasteiger partial charge in [-0.05, 0) is 49.7 Å². The minimum Gasteiger partial charge on any atom is -0.338 e. The monoisotopic (exact) mass is 322 g/mol. The van der Waals surface area contributed by atoms with Crippen LogP contribution in [0.3, 0.4) is 0 Å². The smallest absolute Gasteiger partial charge is 0.338 e. The van der Waals surface area contributed by atoms with Crippen LogP contribution >= 0.6 is 0 Å². The Hall–Kier alpha value is -2.03. The van der Waals surface area contributed by atoms with E-state index in [4.69, 9.17) is 0 Å². The van der Waals surface area contributed by atoms with E-state index in [1.165, 1.54) is 12.1 Å². The number of halogens is 3. The topological polar surface area (TPSA) is 52.9 Å². The van der Waals surface area contributed by atoms with Crippen LogP contribution in [0.1, 0.15) is 49.1 Å². The highest BCUT2D eigenvalue weighted by Gasteiger charge is 2.49. The van der Waals surface area contributed by atoms with Crippen LogP contribution in [0.5, 0.6) is 0 Å². The van der Waals surface area contributed by atoms with Gasteiger partial charge in [0.2, 0.25) is 5.91 Å². The van der Waals surface area contributed by atoms with E-state index in [1.807, 2.05) is 0 Å². The van der Waals surface area contributed by atoms with Crippen LogP contribution in [0.4, 0.5) is 13.2 Å². The van der Waals surface area contributed by atoms with Crippen LogP contribution in [-0.2, 0) is 11.0 Å². The normalized spacial score (nSPS) is 25.7. The number of amides is 1. The van der Waals surface area contributed by atoms with Crippen molar-refractivity contribution in [1.29, 1.82) is 5.26 Å². The lowest BCUT2D eigenvalue weighted by Gasteiger charge is -2.22. The molecule has 2 unspecified atom stereocenters. The third-order valence-electron chi connectivity index (χ3n) is 4.83. The molecule has 1 N–H and O–H groups in total. The molecule has 2 saturated carbocycles. The maximum absolute atomic E-state index is 13.1. The molecule has 3 nitrogen and oxygen atoms in total. The Morgan fingerprint density at radius 3 is 2.52 bits per heavy atom. The van der Waals surface area contributed by atoms with Gasteiger partial charge in [-0.2, -0.15) is 18.4 Å². The lowest BCUT2D eigenvalue weighted by molar-refractivity contribution is -0.138. The molecule has 2 aliphatic rings. The van der Waals surface area contributed by atoms with Crippen molar-refractivity contribution in [3.63, 3.8) is 0 Å². The summed E-state index contributed by atoms with van der Waals surface area (Å²) in [7, 11) is 0. The fourth-order valence-electron chi connectivity index (χ4n) is 3.48. The first kappa shape index (κ1) is 15.9. The van der Waals surface area contributed by atoms with Crippen molar-refractivity contribution in [2.45, 2.75) is 49.7 Å². The van der Waals surface area contributed by atoms with Crippen molar-refractivity contribution in [3.05, 3.63) is 35.4 Å². The lowest BCUT2D eigenvalue weighted by atomic mass is 9.98. The zero-order valence-electron chi connectivity index (χ0n) is 12.5. The Morgan fingerprint density at radius 1 is 1.26 bits per heavy atom. The molecular formula is C17H17F3N2O. The van der Waals surface area contributed by atoms with Crippen molar-refractivity contribution in [3.8, 4) is 6.07 Å². The minimum absolute atomic E-state index is 0.178. The standard InChI is InChI=1S/C17H17F3N2O/c18-17(19,20)14-6-2-1-5-11(14)12-9-13(12)15(23)22-16(10-21)7-3-4-8-16/h1-2,5-6,12-13H,3-4,7-9H2,(H,22,23). The number of alkyl halides is 3. The van der Waals surface area contributed by atoms with E-state index in [2.05, 4.69) is 11.4 Å². The Bertz CT molecular complexity index is 657. The van der Waals surface area contributed by atoms with Crippen molar-refractivity contribution >= 4 is 5.91 Å². The summed E-state index contributed by atoms with van der Waals surface area (Å²) in [5, 5.41) is 12.1. The summed E-state index contributed by atoms with van der Waals surface area (Å²) in [6.45, 7) is 0. The van der Waals surface area contributed by atoms with Gasteiger partial charge >= 0.3 is 6.18 Å². The Balaban J connectivity index is 1.73. The second kappa shape index (κ2) is 5.55. The van der Waals surface area contributed by atoms with Gasteiger partial charge in [0.05, 0.1) is 11.6 Å². The van der Waals surface area contributed by atoms with Crippen LogP contribution in [0, 0.1) is 17.2 Å². The summed E-state index contributed by atoms with van der Waals surface area (Å²) in [5.41, 5.74) is -1.32. The first-order valence-corrected chi connectivity index (χ1v) is 7.76. The first-order valence-electron chi connectivity index (χ1n) is 7.76. The van der Waals surface area contributed by atoms with E-state index in [1.54, 1.807) is 6.07 Å².